The lowest BCUT2D eigenvalue weighted by Gasteiger charge is -2.37. The third kappa shape index (κ3) is 2.85. The topological polar surface area (TPSA) is 28.5 Å². The first-order valence-electron chi connectivity index (χ1n) is 8.65. The van der Waals surface area contributed by atoms with Crippen LogP contribution in [-0.4, -0.2) is 46.5 Å². The van der Waals surface area contributed by atoms with E-state index in [0.29, 0.717) is 6.54 Å². The molecule has 0 aliphatic carbocycles. The predicted octanol–water partition coefficient (Wildman–Crippen LogP) is 3.17. The Kier molecular flexibility index (Phi) is 4.33. The molecule has 1 atom stereocenters. The fourth-order valence-corrected chi connectivity index (χ4v) is 4.13. The second-order valence-electron chi connectivity index (χ2n) is 6.61. The van der Waals surface area contributed by atoms with E-state index in [9.17, 15) is 4.79 Å². The van der Waals surface area contributed by atoms with Crippen LogP contribution in [0.2, 0.25) is 5.02 Å². The maximum absolute atomic E-state index is 12.7. The molecule has 4 nitrogen and oxygen atoms in total. The van der Waals surface area contributed by atoms with Gasteiger partial charge in [0.2, 0.25) is 5.91 Å². The first-order chi connectivity index (χ1) is 11.7. The van der Waals surface area contributed by atoms with E-state index >= 15 is 0 Å². The molecule has 1 aromatic carbocycles. The van der Waals surface area contributed by atoms with E-state index in [1.165, 1.54) is 5.69 Å². The molecule has 1 aromatic heterocycles. The minimum atomic E-state index is 0.0361. The normalized spacial score (nSPS) is 21.0. The van der Waals surface area contributed by atoms with Crippen LogP contribution in [0.25, 0.3) is 0 Å². The SMILES string of the molecule is O=C(CN1CCn2cccc2C1c1ccccc1Cl)N1CCCC1. The molecule has 0 bridgehead atoms. The number of rotatable bonds is 3. The maximum atomic E-state index is 12.7. The average molecular weight is 344 g/mol. The van der Waals surface area contributed by atoms with E-state index in [2.05, 4.69) is 33.9 Å². The molecule has 3 heterocycles. The van der Waals surface area contributed by atoms with Gasteiger partial charge in [-0.1, -0.05) is 29.8 Å². The summed E-state index contributed by atoms with van der Waals surface area (Å²) in [5, 5.41) is 0.760. The fraction of sp³-hybridized carbons (Fsp3) is 0.421. The zero-order valence-corrected chi connectivity index (χ0v) is 14.5. The van der Waals surface area contributed by atoms with Gasteiger partial charge in [0.05, 0.1) is 12.6 Å². The molecule has 0 N–H and O–H groups in total. The van der Waals surface area contributed by atoms with Gasteiger partial charge < -0.3 is 9.47 Å². The maximum Gasteiger partial charge on any atom is 0.236 e. The van der Waals surface area contributed by atoms with Gasteiger partial charge in [-0.05, 0) is 36.6 Å². The average Bonchev–Trinajstić information content (AvgIpc) is 3.27. The summed E-state index contributed by atoms with van der Waals surface area (Å²) in [6, 6.07) is 12.2. The minimum absolute atomic E-state index is 0.0361. The highest BCUT2D eigenvalue weighted by atomic mass is 35.5. The third-order valence-electron chi connectivity index (χ3n) is 5.13. The van der Waals surface area contributed by atoms with Crippen LogP contribution in [-0.2, 0) is 11.3 Å². The van der Waals surface area contributed by atoms with E-state index < -0.39 is 0 Å². The zero-order valence-electron chi connectivity index (χ0n) is 13.7. The Bertz CT molecular complexity index is 736. The van der Waals surface area contributed by atoms with Gasteiger partial charge in [0.25, 0.3) is 0 Å². The Morgan fingerprint density at radius 1 is 1.04 bits per heavy atom. The van der Waals surface area contributed by atoms with E-state index in [1.54, 1.807) is 0 Å². The molecule has 2 aliphatic rings. The van der Waals surface area contributed by atoms with Crippen LogP contribution in [0.1, 0.15) is 30.1 Å². The Hall–Kier alpha value is -1.78. The number of benzene rings is 1. The van der Waals surface area contributed by atoms with Crippen LogP contribution in [0.4, 0.5) is 0 Å². The summed E-state index contributed by atoms with van der Waals surface area (Å²) in [4.78, 5) is 16.9. The summed E-state index contributed by atoms with van der Waals surface area (Å²) in [7, 11) is 0. The van der Waals surface area contributed by atoms with Gasteiger partial charge in [0.1, 0.15) is 0 Å². The number of fused-ring (bicyclic) bond motifs is 1. The molecule has 24 heavy (non-hydrogen) atoms. The predicted molar refractivity (Wildman–Crippen MR) is 95.1 cm³/mol. The largest absolute Gasteiger partial charge is 0.348 e. The quantitative estimate of drug-likeness (QED) is 0.856. The number of hydrogen-bond donors (Lipinski definition) is 0. The summed E-state index contributed by atoms with van der Waals surface area (Å²) in [6.45, 7) is 4.04. The van der Waals surface area contributed by atoms with Crippen molar-refractivity contribution in [1.29, 1.82) is 0 Å². The summed E-state index contributed by atoms with van der Waals surface area (Å²) in [6.07, 6.45) is 4.36. The molecule has 1 amide bonds. The lowest BCUT2D eigenvalue weighted by molar-refractivity contribution is -0.132. The summed E-state index contributed by atoms with van der Waals surface area (Å²) < 4.78 is 2.27. The zero-order chi connectivity index (χ0) is 16.5. The van der Waals surface area contributed by atoms with Crippen LogP contribution in [0.5, 0.6) is 0 Å². The second kappa shape index (κ2) is 6.61. The minimum Gasteiger partial charge on any atom is -0.348 e. The first kappa shape index (κ1) is 15.7. The molecule has 1 saturated heterocycles. The molecule has 0 saturated carbocycles. The summed E-state index contributed by atoms with van der Waals surface area (Å²) in [5.41, 5.74) is 2.29. The van der Waals surface area contributed by atoms with Gasteiger partial charge >= 0.3 is 0 Å². The number of carbonyl (C=O) groups is 1. The van der Waals surface area contributed by atoms with Crippen molar-refractivity contribution in [3.63, 3.8) is 0 Å². The highest BCUT2D eigenvalue weighted by Gasteiger charge is 2.32. The number of carbonyl (C=O) groups excluding carboxylic acids is 1. The Morgan fingerprint density at radius 3 is 2.62 bits per heavy atom. The van der Waals surface area contributed by atoms with Crippen LogP contribution in [0, 0.1) is 0 Å². The van der Waals surface area contributed by atoms with E-state index in [0.717, 1.165) is 49.6 Å². The molecule has 1 fully saturated rings. The molecule has 126 valence electrons. The van der Waals surface area contributed by atoms with E-state index in [4.69, 9.17) is 11.6 Å². The number of aromatic nitrogens is 1. The van der Waals surface area contributed by atoms with Crippen LogP contribution >= 0.6 is 11.6 Å². The molecule has 0 radical (unpaired) electrons. The van der Waals surface area contributed by atoms with Crippen molar-refractivity contribution in [2.24, 2.45) is 0 Å². The lowest BCUT2D eigenvalue weighted by Crippen LogP contribution is -2.45. The van der Waals surface area contributed by atoms with Gasteiger partial charge in [-0.25, -0.2) is 0 Å². The van der Waals surface area contributed by atoms with Crippen molar-refractivity contribution in [2.75, 3.05) is 26.2 Å². The number of likely N-dealkylation sites (tertiary alicyclic amines) is 1. The fourth-order valence-electron chi connectivity index (χ4n) is 3.89. The van der Waals surface area contributed by atoms with Gasteiger partial charge in [-0.3, -0.25) is 9.69 Å². The Morgan fingerprint density at radius 2 is 1.83 bits per heavy atom. The van der Waals surface area contributed by atoms with Gasteiger partial charge in [-0.15, -0.1) is 0 Å². The molecule has 2 aliphatic heterocycles. The monoisotopic (exact) mass is 343 g/mol. The van der Waals surface area contributed by atoms with Crippen LogP contribution in [0.3, 0.4) is 0 Å². The Balaban J connectivity index is 1.65. The molecule has 1 unspecified atom stereocenters. The molecule has 5 heteroatoms. The van der Waals surface area contributed by atoms with Crippen LogP contribution < -0.4 is 0 Å². The van der Waals surface area contributed by atoms with Crippen LogP contribution in [0.15, 0.2) is 42.6 Å². The number of hydrogen-bond acceptors (Lipinski definition) is 2. The smallest absolute Gasteiger partial charge is 0.236 e. The van der Waals surface area contributed by atoms with Crippen molar-refractivity contribution in [3.05, 3.63) is 58.9 Å². The number of nitrogens with zero attached hydrogens (tertiary/aromatic N) is 3. The molecular weight excluding hydrogens is 322 g/mol. The third-order valence-corrected chi connectivity index (χ3v) is 5.48. The van der Waals surface area contributed by atoms with E-state index in [1.807, 2.05) is 23.1 Å². The van der Waals surface area contributed by atoms with Gasteiger partial charge in [-0.2, -0.15) is 0 Å². The van der Waals surface area contributed by atoms with Gasteiger partial charge in [0.15, 0.2) is 0 Å². The lowest BCUT2D eigenvalue weighted by atomic mass is 9.99. The number of halogens is 1. The Labute approximate surface area is 147 Å². The van der Waals surface area contributed by atoms with Gasteiger partial charge in [0, 0.05) is 43.1 Å². The second-order valence-corrected chi connectivity index (χ2v) is 7.02. The van der Waals surface area contributed by atoms with Crippen molar-refractivity contribution in [1.82, 2.24) is 14.4 Å². The summed E-state index contributed by atoms with van der Waals surface area (Å²) >= 11 is 6.49. The van der Waals surface area contributed by atoms with E-state index in [-0.39, 0.29) is 11.9 Å². The standard InChI is InChI=1S/C19H22ClN3O/c20-16-7-2-1-6-15(16)19-17-8-5-11-21(17)12-13-23(19)14-18(24)22-9-3-4-10-22/h1-2,5-8,11,19H,3-4,9-10,12-14H2. The molecule has 4 rings (SSSR count). The first-order valence-corrected chi connectivity index (χ1v) is 9.03. The molecule has 2 aromatic rings. The van der Waals surface area contributed by atoms with Crippen molar-refractivity contribution in [3.8, 4) is 0 Å². The highest BCUT2D eigenvalue weighted by Crippen LogP contribution is 2.35. The number of amides is 1. The summed E-state index contributed by atoms with van der Waals surface area (Å²) in [5.74, 6) is 0.240. The van der Waals surface area contributed by atoms with Crippen molar-refractivity contribution >= 4 is 17.5 Å². The van der Waals surface area contributed by atoms with Crippen molar-refractivity contribution in [2.45, 2.75) is 25.4 Å². The van der Waals surface area contributed by atoms with Crippen molar-refractivity contribution < 1.29 is 4.79 Å². The molecule has 0 spiro atoms. The highest BCUT2D eigenvalue weighted by molar-refractivity contribution is 6.31. The molecular formula is C19H22ClN3O.